The first kappa shape index (κ1) is 17.6. The van der Waals surface area contributed by atoms with Gasteiger partial charge in [0, 0.05) is 21.3 Å². The number of hydrogen-bond donors (Lipinski definition) is 2. The van der Waals surface area contributed by atoms with E-state index in [2.05, 4.69) is 10.6 Å². The van der Waals surface area contributed by atoms with Crippen molar-refractivity contribution >= 4 is 35.2 Å². The van der Waals surface area contributed by atoms with Crippen LogP contribution in [0.2, 0.25) is 10.0 Å². The van der Waals surface area contributed by atoms with E-state index in [0.717, 1.165) is 0 Å². The molecule has 1 atom stereocenters. The van der Waals surface area contributed by atoms with Crippen LogP contribution in [-0.2, 0) is 9.53 Å². The lowest BCUT2D eigenvalue weighted by molar-refractivity contribution is -0.143. The van der Waals surface area contributed by atoms with E-state index in [9.17, 15) is 9.59 Å². The number of esters is 1. The lowest BCUT2D eigenvalue weighted by Crippen LogP contribution is -2.46. The van der Waals surface area contributed by atoms with E-state index in [1.165, 1.54) is 0 Å². The number of ether oxygens (including phenoxy) is 1. The molecule has 0 spiro atoms. The number of urea groups is 1. The van der Waals surface area contributed by atoms with Crippen molar-refractivity contribution in [3.8, 4) is 0 Å². The maximum absolute atomic E-state index is 12.5. The zero-order chi connectivity index (χ0) is 17.1. The van der Waals surface area contributed by atoms with Crippen molar-refractivity contribution in [1.29, 1.82) is 0 Å². The Labute approximate surface area is 145 Å². The highest BCUT2D eigenvalue weighted by Gasteiger charge is 2.35. The van der Waals surface area contributed by atoms with Crippen LogP contribution in [-0.4, -0.2) is 18.1 Å². The minimum atomic E-state index is -0.758. The van der Waals surface area contributed by atoms with Gasteiger partial charge in [-0.15, -0.1) is 0 Å². The van der Waals surface area contributed by atoms with Gasteiger partial charge in [0.05, 0.1) is 17.7 Å². The topological polar surface area (TPSA) is 67.4 Å². The first-order valence-electron chi connectivity index (χ1n) is 7.30. The van der Waals surface area contributed by atoms with Crippen LogP contribution in [0.3, 0.4) is 0 Å². The number of halogens is 2. The zero-order valence-corrected chi connectivity index (χ0v) is 14.6. The van der Waals surface area contributed by atoms with Gasteiger partial charge in [-0.1, -0.05) is 36.2 Å². The molecule has 1 aromatic rings. The summed E-state index contributed by atoms with van der Waals surface area (Å²) in [5, 5.41) is 6.10. The fourth-order valence-electron chi connectivity index (χ4n) is 2.42. The maximum Gasteiger partial charge on any atom is 0.338 e. The number of carbonyl (C=O) groups is 2. The molecule has 0 aliphatic carbocycles. The molecular weight excluding hydrogens is 339 g/mol. The lowest BCUT2D eigenvalue weighted by atomic mass is 9.94. The number of hydrogen-bond acceptors (Lipinski definition) is 3. The third kappa shape index (κ3) is 3.79. The van der Waals surface area contributed by atoms with Crippen molar-refractivity contribution in [3.63, 3.8) is 0 Å². The lowest BCUT2D eigenvalue weighted by Gasteiger charge is -2.30. The van der Waals surface area contributed by atoms with Gasteiger partial charge < -0.3 is 15.4 Å². The second-order valence-corrected chi connectivity index (χ2v) is 6.18. The van der Waals surface area contributed by atoms with E-state index in [4.69, 9.17) is 27.9 Å². The molecule has 2 N–H and O–H groups in total. The Morgan fingerprint density at radius 1 is 1.30 bits per heavy atom. The Balaban J connectivity index is 2.58. The van der Waals surface area contributed by atoms with Gasteiger partial charge in [-0.05, 0) is 32.4 Å². The molecule has 1 heterocycles. The maximum atomic E-state index is 12.5. The molecule has 1 aliphatic rings. The predicted octanol–water partition coefficient (Wildman–Crippen LogP) is 3.96. The normalized spacial score (nSPS) is 17.8. The predicted molar refractivity (Wildman–Crippen MR) is 89.4 cm³/mol. The second-order valence-electron chi connectivity index (χ2n) is 5.37. The van der Waals surface area contributed by atoms with Gasteiger partial charge in [0.1, 0.15) is 0 Å². The molecule has 0 radical (unpaired) electrons. The second kappa shape index (κ2) is 7.23. The summed E-state index contributed by atoms with van der Waals surface area (Å²) in [6.07, 6.45) is 0.183. The van der Waals surface area contributed by atoms with E-state index < -0.39 is 18.0 Å². The summed E-state index contributed by atoms with van der Waals surface area (Å²) in [6, 6.07) is 3.85. The molecule has 0 saturated carbocycles. The number of rotatable bonds is 4. The molecule has 1 unspecified atom stereocenters. The van der Waals surface area contributed by atoms with E-state index in [1.54, 1.807) is 32.0 Å². The Morgan fingerprint density at radius 3 is 2.43 bits per heavy atom. The highest BCUT2D eigenvalue weighted by molar-refractivity contribution is 6.36. The standard InChI is InChI=1S/C16H18Cl2N2O3/c1-4-11-13(15(21)23-8(2)3)14(20-16(22)19-11)12-9(17)6-5-7-10(12)18/h5-8,14H,4H2,1-3H3,(H2,19,20,22). The van der Waals surface area contributed by atoms with Crippen LogP contribution in [0.25, 0.3) is 0 Å². The van der Waals surface area contributed by atoms with Crippen LogP contribution in [0.15, 0.2) is 29.5 Å². The Kier molecular flexibility index (Phi) is 5.55. The third-order valence-electron chi connectivity index (χ3n) is 3.36. The van der Waals surface area contributed by atoms with E-state index in [0.29, 0.717) is 33.3 Å². The van der Waals surface area contributed by atoms with Gasteiger partial charge in [-0.3, -0.25) is 0 Å². The Bertz CT molecular complexity index is 651. The minimum absolute atomic E-state index is 0.284. The van der Waals surface area contributed by atoms with Crippen molar-refractivity contribution in [2.75, 3.05) is 0 Å². The van der Waals surface area contributed by atoms with Crippen LogP contribution in [0.5, 0.6) is 0 Å². The monoisotopic (exact) mass is 356 g/mol. The first-order chi connectivity index (χ1) is 10.8. The average molecular weight is 357 g/mol. The van der Waals surface area contributed by atoms with Gasteiger partial charge in [-0.2, -0.15) is 0 Å². The number of nitrogens with one attached hydrogen (secondary N) is 2. The molecule has 0 fully saturated rings. The van der Waals surface area contributed by atoms with Crippen molar-refractivity contribution in [1.82, 2.24) is 10.6 Å². The molecule has 23 heavy (non-hydrogen) atoms. The summed E-state index contributed by atoms with van der Waals surface area (Å²) in [6.45, 7) is 5.36. The van der Waals surface area contributed by atoms with Gasteiger partial charge in [0.25, 0.3) is 0 Å². The van der Waals surface area contributed by atoms with Gasteiger partial charge >= 0.3 is 12.0 Å². The molecule has 1 aliphatic heterocycles. The van der Waals surface area contributed by atoms with Crippen molar-refractivity contribution < 1.29 is 14.3 Å². The van der Waals surface area contributed by atoms with Crippen LogP contribution < -0.4 is 10.6 Å². The first-order valence-corrected chi connectivity index (χ1v) is 8.06. The van der Waals surface area contributed by atoms with Crippen LogP contribution in [0.1, 0.15) is 38.8 Å². The molecule has 2 rings (SSSR count). The van der Waals surface area contributed by atoms with Crippen LogP contribution in [0, 0.1) is 0 Å². The number of amides is 2. The van der Waals surface area contributed by atoms with Gasteiger partial charge in [0.2, 0.25) is 0 Å². The third-order valence-corrected chi connectivity index (χ3v) is 4.02. The summed E-state index contributed by atoms with van der Waals surface area (Å²) in [4.78, 5) is 24.5. The highest BCUT2D eigenvalue weighted by Crippen LogP contribution is 2.37. The average Bonchev–Trinajstić information content (AvgIpc) is 2.45. The molecule has 0 bridgehead atoms. The number of carbonyl (C=O) groups excluding carboxylic acids is 2. The fourth-order valence-corrected chi connectivity index (χ4v) is 3.03. The Morgan fingerprint density at radius 2 is 1.91 bits per heavy atom. The van der Waals surface area contributed by atoms with E-state index >= 15 is 0 Å². The van der Waals surface area contributed by atoms with E-state index in [-0.39, 0.29) is 6.10 Å². The summed E-state index contributed by atoms with van der Waals surface area (Å²) >= 11 is 12.5. The highest BCUT2D eigenvalue weighted by atomic mass is 35.5. The molecule has 0 saturated heterocycles. The summed E-state index contributed by atoms with van der Waals surface area (Å²) in [7, 11) is 0. The summed E-state index contributed by atoms with van der Waals surface area (Å²) in [5.41, 5.74) is 1.29. The largest absolute Gasteiger partial charge is 0.459 e. The van der Waals surface area contributed by atoms with Gasteiger partial charge in [-0.25, -0.2) is 9.59 Å². The van der Waals surface area contributed by atoms with Crippen LogP contribution in [0.4, 0.5) is 4.79 Å². The quantitative estimate of drug-likeness (QED) is 0.802. The van der Waals surface area contributed by atoms with Crippen LogP contribution >= 0.6 is 23.2 Å². The molecule has 0 aromatic heterocycles. The smallest absolute Gasteiger partial charge is 0.338 e. The zero-order valence-electron chi connectivity index (χ0n) is 13.1. The molecule has 2 amide bonds. The summed E-state index contributed by atoms with van der Waals surface area (Å²) < 4.78 is 5.31. The van der Waals surface area contributed by atoms with E-state index in [1.807, 2.05) is 6.92 Å². The molecule has 5 nitrogen and oxygen atoms in total. The van der Waals surface area contributed by atoms with Gasteiger partial charge in [0.15, 0.2) is 0 Å². The molecule has 124 valence electrons. The fraction of sp³-hybridized carbons (Fsp3) is 0.375. The van der Waals surface area contributed by atoms with Crippen molar-refractivity contribution in [2.45, 2.75) is 39.3 Å². The molecular formula is C16H18Cl2N2O3. The summed E-state index contributed by atoms with van der Waals surface area (Å²) in [5.74, 6) is -0.509. The number of allylic oxidation sites excluding steroid dienone is 1. The SMILES string of the molecule is CCC1=C(C(=O)OC(C)C)C(c2c(Cl)cccc2Cl)NC(=O)N1. The van der Waals surface area contributed by atoms with Crippen molar-refractivity contribution in [3.05, 3.63) is 45.1 Å². The molecule has 1 aromatic carbocycles. The Hall–Kier alpha value is -1.72. The molecule has 7 heteroatoms. The minimum Gasteiger partial charge on any atom is -0.459 e. The van der Waals surface area contributed by atoms with Crippen molar-refractivity contribution in [2.24, 2.45) is 0 Å². The number of benzene rings is 1.